The number of benzene rings is 2. The first kappa shape index (κ1) is 18.1. The van der Waals surface area contributed by atoms with Crippen LogP contribution in [0.4, 0.5) is 4.79 Å². The number of amides is 1. The second-order valence-corrected chi connectivity index (χ2v) is 7.26. The fraction of sp³-hybridized carbons (Fsp3) is 0.318. The van der Waals surface area contributed by atoms with Crippen molar-refractivity contribution in [3.8, 4) is 0 Å². The van der Waals surface area contributed by atoms with Crippen molar-refractivity contribution in [2.75, 3.05) is 19.6 Å². The molecule has 3 aromatic rings. The van der Waals surface area contributed by atoms with E-state index < -0.39 is 0 Å². The van der Waals surface area contributed by atoms with E-state index >= 15 is 0 Å². The van der Waals surface area contributed by atoms with E-state index in [0.717, 1.165) is 31.6 Å². The summed E-state index contributed by atoms with van der Waals surface area (Å²) in [6, 6.07) is 19.1. The predicted octanol–water partition coefficient (Wildman–Crippen LogP) is 4.47. The number of likely N-dealkylation sites (N-methyl/N-ethyl adjacent to an activating group) is 1. The zero-order valence-electron chi connectivity index (χ0n) is 15.5. The Morgan fingerprint density at radius 2 is 1.78 bits per heavy atom. The van der Waals surface area contributed by atoms with Crippen molar-refractivity contribution in [1.29, 1.82) is 0 Å². The topological polar surface area (TPSA) is 28.5 Å². The third kappa shape index (κ3) is 2.75. The zero-order chi connectivity index (χ0) is 17.7. The zero-order valence-corrected chi connectivity index (χ0v) is 16.3. The monoisotopic (exact) mass is 381 g/mol. The molecule has 1 atom stereocenters. The number of rotatable bonds is 3. The Balaban J connectivity index is 0.00000180. The molecule has 0 N–H and O–H groups in total. The molecule has 140 valence electrons. The Kier molecular flexibility index (Phi) is 4.70. The Morgan fingerprint density at radius 1 is 1.04 bits per heavy atom. The summed E-state index contributed by atoms with van der Waals surface area (Å²) >= 11 is 0. The standard InChI is InChI=1S/C22H23N3O.ClH/c1-2-23-13-12-18-17-10-6-7-11-19(17)25-21(18)20(23)15-24(22(25)26)14-16-8-4-3-5-9-16;/h3-11,20H,2,12-15H2,1H3;1H. The maximum absolute atomic E-state index is 13.4. The second-order valence-electron chi connectivity index (χ2n) is 7.26. The number of para-hydroxylation sites is 1. The molecule has 0 saturated heterocycles. The van der Waals surface area contributed by atoms with Gasteiger partial charge in [-0.3, -0.25) is 9.47 Å². The highest BCUT2D eigenvalue weighted by Gasteiger charge is 2.40. The second kappa shape index (κ2) is 7.02. The molecule has 5 rings (SSSR count). The fourth-order valence-electron chi connectivity index (χ4n) is 4.67. The molecule has 2 aromatic carbocycles. The minimum atomic E-state index is 0. The molecule has 5 heteroatoms. The van der Waals surface area contributed by atoms with Crippen LogP contribution in [0.1, 0.15) is 29.8 Å². The van der Waals surface area contributed by atoms with Gasteiger partial charge < -0.3 is 4.90 Å². The highest BCUT2D eigenvalue weighted by Crippen LogP contribution is 2.40. The molecule has 1 amide bonds. The van der Waals surface area contributed by atoms with Gasteiger partial charge in [0, 0.05) is 25.0 Å². The molecule has 0 fully saturated rings. The summed E-state index contributed by atoms with van der Waals surface area (Å²) in [5.74, 6) is 0. The van der Waals surface area contributed by atoms with Crippen molar-refractivity contribution in [3.63, 3.8) is 0 Å². The SMILES string of the molecule is CCN1CCc2c3n(c4ccccc24)C(=O)N(Cc2ccccc2)CC31.Cl. The van der Waals surface area contributed by atoms with Crippen molar-refractivity contribution in [2.24, 2.45) is 0 Å². The highest BCUT2D eigenvalue weighted by atomic mass is 35.5. The van der Waals surface area contributed by atoms with Crippen LogP contribution >= 0.6 is 12.4 Å². The molecule has 4 nitrogen and oxygen atoms in total. The van der Waals surface area contributed by atoms with Crippen LogP contribution in [0.3, 0.4) is 0 Å². The van der Waals surface area contributed by atoms with E-state index in [1.54, 1.807) is 0 Å². The predicted molar refractivity (Wildman–Crippen MR) is 111 cm³/mol. The average Bonchev–Trinajstić information content (AvgIpc) is 3.02. The maximum atomic E-state index is 13.4. The quantitative estimate of drug-likeness (QED) is 0.669. The van der Waals surface area contributed by atoms with Gasteiger partial charge in [0.1, 0.15) is 0 Å². The first-order chi connectivity index (χ1) is 12.8. The minimum Gasteiger partial charge on any atom is -0.318 e. The number of nitrogens with zero attached hydrogens (tertiary/aromatic N) is 3. The smallest absolute Gasteiger partial charge is 0.318 e. The number of hydrogen-bond acceptors (Lipinski definition) is 2. The van der Waals surface area contributed by atoms with Gasteiger partial charge in [0.05, 0.1) is 17.3 Å². The number of fused-ring (bicyclic) bond motifs is 3. The van der Waals surface area contributed by atoms with E-state index in [0.29, 0.717) is 6.54 Å². The maximum Gasteiger partial charge on any atom is 0.329 e. The van der Waals surface area contributed by atoms with E-state index in [4.69, 9.17) is 0 Å². The van der Waals surface area contributed by atoms with Crippen LogP contribution in [-0.2, 0) is 13.0 Å². The molecule has 1 aromatic heterocycles. The van der Waals surface area contributed by atoms with Crippen molar-refractivity contribution >= 4 is 29.3 Å². The molecule has 0 spiro atoms. The molecule has 2 aliphatic heterocycles. The summed E-state index contributed by atoms with van der Waals surface area (Å²) in [6.07, 6.45) is 1.03. The molecule has 0 radical (unpaired) electrons. The van der Waals surface area contributed by atoms with Gasteiger partial charge in [-0.1, -0.05) is 55.5 Å². The van der Waals surface area contributed by atoms with E-state index in [2.05, 4.69) is 42.2 Å². The van der Waals surface area contributed by atoms with Gasteiger partial charge in [-0.2, -0.15) is 0 Å². The molecule has 3 heterocycles. The van der Waals surface area contributed by atoms with Crippen LogP contribution in [0, 0.1) is 0 Å². The molecule has 0 aliphatic carbocycles. The lowest BCUT2D eigenvalue weighted by molar-refractivity contribution is 0.116. The number of aromatic nitrogens is 1. The number of carbonyl (C=O) groups is 1. The van der Waals surface area contributed by atoms with Gasteiger partial charge in [0.2, 0.25) is 0 Å². The molecule has 0 bridgehead atoms. The molecule has 0 saturated carbocycles. The third-order valence-corrected chi connectivity index (χ3v) is 5.90. The van der Waals surface area contributed by atoms with E-state index in [-0.39, 0.29) is 24.5 Å². The van der Waals surface area contributed by atoms with Gasteiger partial charge in [-0.05, 0) is 30.2 Å². The first-order valence-electron chi connectivity index (χ1n) is 9.47. The van der Waals surface area contributed by atoms with Crippen LogP contribution in [-0.4, -0.2) is 40.0 Å². The Bertz CT molecular complexity index is 982. The lowest BCUT2D eigenvalue weighted by Gasteiger charge is -2.42. The number of hydrogen-bond donors (Lipinski definition) is 0. The van der Waals surface area contributed by atoms with Crippen LogP contribution in [0.15, 0.2) is 54.6 Å². The van der Waals surface area contributed by atoms with Gasteiger partial charge >= 0.3 is 6.03 Å². The van der Waals surface area contributed by atoms with Crippen molar-refractivity contribution in [3.05, 3.63) is 71.4 Å². The van der Waals surface area contributed by atoms with Crippen molar-refractivity contribution < 1.29 is 4.79 Å². The third-order valence-electron chi connectivity index (χ3n) is 5.90. The van der Waals surface area contributed by atoms with Crippen LogP contribution in [0.25, 0.3) is 10.9 Å². The Morgan fingerprint density at radius 3 is 2.56 bits per heavy atom. The molecule has 2 aliphatic rings. The van der Waals surface area contributed by atoms with Crippen LogP contribution < -0.4 is 0 Å². The summed E-state index contributed by atoms with van der Waals surface area (Å²) < 4.78 is 1.99. The molecule has 1 unspecified atom stereocenters. The molecule has 27 heavy (non-hydrogen) atoms. The molecular weight excluding hydrogens is 358 g/mol. The largest absolute Gasteiger partial charge is 0.329 e. The van der Waals surface area contributed by atoms with E-state index in [1.165, 1.54) is 22.2 Å². The summed E-state index contributed by atoms with van der Waals surface area (Å²) in [4.78, 5) is 17.9. The van der Waals surface area contributed by atoms with Gasteiger partial charge in [-0.25, -0.2) is 4.79 Å². The lowest BCUT2D eigenvalue weighted by atomic mass is 9.96. The fourth-order valence-corrected chi connectivity index (χ4v) is 4.67. The molecular formula is C22H24ClN3O. The van der Waals surface area contributed by atoms with Crippen LogP contribution in [0.2, 0.25) is 0 Å². The number of halogens is 1. The van der Waals surface area contributed by atoms with E-state index in [9.17, 15) is 4.79 Å². The summed E-state index contributed by atoms with van der Waals surface area (Å²) in [5.41, 5.74) is 4.85. The van der Waals surface area contributed by atoms with Gasteiger partial charge in [0.15, 0.2) is 0 Å². The summed E-state index contributed by atoms with van der Waals surface area (Å²) in [6.45, 7) is 5.73. The Labute approximate surface area is 165 Å². The van der Waals surface area contributed by atoms with Crippen LogP contribution in [0.5, 0.6) is 0 Å². The van der Waals surface area contributed by atoms with E-state index in [1.807, 2.05) is 33.7 Å². The Hall–Kier alpha value is -2.30. The first-order valence-corrected chi connectivity index (χ1v) is 9.47. The summed E-state index contributed by atoms with van der Waals surface area (Å²) in [7, 11) is 0. The minimum absolute atomic E-state index is 0. The average molecular weight is 382 g/mol. The van der Waals surface area contributed by atoms with Crippen molar-refractivity contribution in [1.82, 2.24) is 14.4 Å². The highest BCUT2D eigenvalue weighted by molar-refractivity contribution is 5.96. The number of carbonyl (C=O) groups excluding carboxylic acids is 1. The van der Waals surface area contributed by atoms with Gasteiger partial charge in [0.25, 0.3) is 0 Å². The van der Waals surface area contributed by atoms with Gasteiger partial charge in [-0.15, -0.1) is 12.4 Å². The summed E-state index contributed by atoms with van der Waals surface area (Å²) in [5, 5.41) is 1.25. The normalized spacial score (nSPS) is 19.1. The van der Waals surface area contributed by atoms with Crippen molar-refractivity contribution in [2.45, 2.75) is 25.9 Å². The lowest BCUT2D eigenvalue weighted by Crippen LogP contribution is -2.50.